The van der Waals surface area contributed by atoms with Gasteiger partial charge in [-0.1, -0.05) is 42.5 Å². The van der Waals surface area contributed by atoms with Crippen LogP contribution in [0.3, 0.4) is 0 Å². The summed E-state index contributed by atoms with van der Waals surface area (Å²) < 4.78 is 33.6. The van der Waals surface area contributed by atoms with Gasteiger partial charge in [-0.15, -0.1) is 0 Å². The van der Waals surface area contributed by atoms with Crippen molar-refractivity contribution in [2.75, 3.05) is 63.1 Å². The van der Waals surface area contributed by atoms with Crippen molar-refractivity contribution >= 4 is 23.3 Å². The number of para-hydroxylation sites is 2. The Morgan fingerprint density at radius 3 is 2.08 bits per heavy atom. The van der Waals surface area contributed by atoms with E-state index in [2.05, 4.69) is 15.5 Å². The first-order valence-corrected chi connectivity index (χ1v) is 13.0. The third-order valence-electron chi connectivity index (χ3n) is 6.48. The number of anilines is 2. The summed E-state index contributed by atoms with van der Waals surface area (Å²) in [5.41, 5.74) is 1.47. The first-order valence-electron chi connectivity index (χ1n) is 13.0. The van der Waals surface area contributed by atoms with Crippen LogP contribution in [-0.4, -0.2) is 79.1 Å². The van der Waals surface area contributed by atoms with Gasteiger partial charge < -0.3 is 30.1 Å². The highest BCUT2D eigenvalue weighted by atomic mass is 19.1. The Hall–Kier alpha value is -4.18. The minimum Gasteiger partial charge on any atom is -0.378 e. The summed E-state index contributed by atoms with van der Waals surface area (Å²) in [6, 6.07) is 12.1. The topological polar surface area (TPSA) is 77.2 Å². The zero-order chi connectivity index (χ0) is 27.6. The first-order chi connectivity index (χ1) is 19.0. The van der Waals surface area contributed by atoms with E-state index in [0.717, 1.165) is 17.8 Å². The van der Waals surface area contributed by atoms with Crippen molar-refractivity contribution in [1.82, 2.24) is 14.7 Å². The maximum atomic E-state index is 14.0. The molecule has 2 aromatic carbocycles. The van der Waals surface area contributed by atoms with E-state index in [9.17, 15) is 18.4 Å². The average molecular weight is 538 g/mol. The molecule has 3 amide bonds. The fraction of sp³-hybridized carbons (Fsp3) is 0.310. The monoisotopic (exact) mass is 537 g/mol. The van der Waals surface area contributed by atoms with Crippen molar-refractivity contribution in [2.24, 2.45) is 0 Å². The van der Waals surface area contributed by atoms with E-state index in [1.807, 2.05) is 66.5 Å². The van der Waals surface area contributed by atoms with Crippen LogP contribution in [0.2, 0.25) is 0 Å². The van der Waals surface area contributed by atoms with E-state index in [1.165, 1.54) is 11.0 Å². The van der Waals surface area contributed by atoms with E-state index >= 15 is 0 Å². The molecule has 10 heteroatoms. The second-order valence-electron chi connectivity index (χ2n) is 9.04. The van der Waals surface area contributed by atoms with Crippen molar-refractivity contribution in [3.8, 4) is 0 Å². The molecule has 2 aliphatic heterocycles. The molecule has 2 N–H and O–H groups in total. The largest absolute Gasteiger partial charge is 0.378 e. The first kappa shape index (κ1) is 27.8. The molecule has 2 saturated heterocycles. The van der Waals surface area contributed by atoms with E-state index in [1.54, 1.807) is 0 Å². The summed E-state index contributed by atoms with van der Waals surface area (Å²) in [4.78, 5) is 32.1. The van der Waals surface area contributed by atoms with Crippen LogP contribution in [0.15, 0.2) is 84.2 Å². The standard InChI is InChI=1S/C29H33F2N5O3/c1-2-3-5-13-25(27(35-18-20-39-21-19-35)28(37)32-22-9-6-4-7-10-22)34-14-16-36(17-15-34)29(38)33-26-23(30)11-8-12-24(26)31/h2-13H,14-21H2,1H3,(H,32,37)(H,33,38)/b3-2+,13-5+,27-25-. The molecule has 4 rings (SSSR count). The maximum Gasteiger partial charge on any atom is 0.322 e. The lowest BCUT2D eigenvalue weighted by molar-refractivity contribution is -0.115. The Labute approximate surface area is 227 Å². The van der Waals surface area contributed by atoms with Crippen LogP contribution < -0.4 is 10.6 Å². The number of piperazine rings is 1. The Morgan fingerprint density at radius 2 is 1.44 bits per heavy atom. The number of rotatable bonds is 7. The van der Waals surface area contributed by atoms with Crippen molar-refractivity contribution in [3.63, 3.8) is 0 Å². The number of allylic oxidation sites excluding steroid dienone is 4. The zero-order valence-corrected chi connectivity index (χ0v) is 21.9. The highest BCUT2D eigenvalue weighted by Gasteiger charge is 2.29. The molecule has 2 fully saturated rings. The Morgan fingerprint density at radius 1 is 0.795 bits per heavy atom. The van der Waals surface area contributed by atoms with E-state index < -0.39 is 23.4 Å². The van der Waals surface area contributed by atoms with Crippen LogP contribution in [0.1, 0.15) is 6.92 Å². The number of morpholine rings is 1. The van der Waals surface area contributed by atoms with Crippen LogP contribution in [0.25, 0.3) is 0 Å². The predicted octanol–water partition coefficient (Wildman–Crippen LogP) is 4.43. The zero-order valence-electron chi connectivity index (χ0n) is 21.9. The van der Waals surface area contributed by atoms with Crippen molar-refractivity contribution in [3.05, 3.63) is 95.9 Å². The number of ether oxygens (including phenoxy) is 1. The molecule has 0 atom stereocenters. The Balaban J connectivity index is 1.57. The summed E-state index contributed by atoms with van der Waals surface area (Å²) in [6.07, 6.45) is 7.57. The number of benzene rings is 2. The van der Waals surface area contributed by atoms with Gasteiger partial charge in [-0.05, 0) is 37.3 Å². The highest BCUT2D eigenvalue weighted by Crippen LogP contribution is 2.23. The van der Waals surface area contributed by atoms with Crippen molar-refractivity contribution < 1.29 is 23.1 Å². The lowest BCUT2D eigenvalue weighted by Gasteiger charge is -2.39. The number of carbonyl (C=O) groups is 2. The molecule has 0 bridgehead atoms. The molecule has 2 aromatic rings. The van der Waals surface area contributed by atoms with Crippen LogP contribution in [0.4, 0.5) is 25.0 Å². The molecule has 0 saturated carbocycles. The molecule has 0 radical (unpaired) electrons. The summed E-state index contributed by atoms with van der Waals surface area (Å²) in [5, 5.41) is 5.36. The van der Waals surface area contributed by atoms with Gasteiger partial charge in [0.25, 0.3) is 5.91 Å². The predicted molar refractivity (Wildman–Crippen MR) is 147 cm³/mol. The van der Waals surface area contributed by atoms with E-state index in [-0.39, 0.29) is 5.91 Å². The Bertz CT molecular complexity index is 1210. The molecule has 2 heterocycles. The van der Waals surface area contributed by atoms with Crippen molar-refractivity contribution in [1.29, 1.82) is 0 Å². The van der Waals surface area contributed by atoms with Gasteiger partial charge in [0.2, 0.25) is 0 Å². The molecular weight excluding hydrogens is 504 g/mol. The van der Waals surface area contributed by atoms with Gasteiger partial charge in [0.15, 0.2) is 0 Å². The fourth-order valence-electron chi connectivity index (χ4n) is 4.47. The number of amides is 3. The number of carbonyl (C=O) groups excluding carboxylic acids is 2. The lowest BCUT2D eigenvalue weighted by Crippen LogP contribution is -2.51. The molecule has 2 aliphatic rings. The minimum atomic E-state index is -0.832. The van der Waals surface area contributed by atoms with E-state index in [4.69, 9.17) is 4.74 Å². The molecule has 206 valence electrons. The summed E-state index contributed by atoms with van der Waals surface area (Å²) in [7, 11) is 0. The quantitative estimate of drug-likeness (QED) is 0.404. The number of nitrogens with zero attached hydrogens (tertiary/aromatic N) is 3. The number of nitrogens with one attached hydrogen (secondary N) is 2. The summed E-state index contributed by atoms with van der Waals surface area (Å²) in [6.45, 7) is 5.52. The van der Waals surface area contributed by atoms with Gasteiger partial charge in [0, 0.05) is 45.0 Å². The lowest BCUT2D eigenvalue weighted by atomic mass is 10.1. The smallest absolute Gasteiger partial charge is 0.322 e. The van der Waals surface area contributed by atoms with Gasteiger partial charge in [-0.3, -0.25) is 4.79 Å². The highest BCUT2D eigenvalue weighted by molar-refractivity contribution is 6.04. The van der Waals surface area contributed by atoms with Crippen LogP contribution in [0.5, 0.6) is 0 Å². The number of halogens is 2. The third kappa shape index (κ3) is 7.23. The third-order valence-corrected chi connectivity index (χ3v) is 6.48. The molecular formula is C29H33F2N5O3. The van der Waals surface area contributed by atoms with Crippen LogP contribution in [-0.2, 0) is 9.53 Å². The van der Waals surface area contributed by atoms with Gasteiger partial charge in [-0.25, -0.2) is 13.6 Å². The van der Waals surface area contributed by atoms with Gasteiger partial charge in [0.05, 0.1) is 18.9 Å². The van der Waals surface area contributed by atoms with Gasteiger partial charge in [-0.2, -0.15) is 0 Å². The SMILES string of the molecule is C/C=C/C=C/C(=C(\C(=O)Nc1ccccc1)N1CCOCC1)N1CCN(C(=O)Nc2c(F)cccc2F)CC1. The summed E-state index contributed by atoms with van der Waals surface area (Å²) >= 11 is 0. The number of hydrogen-bond donors (Lipinski definition) is 2. The molecule has 0 spiro atoms. The molecule has 0 unspecified atom stereocenters. The second kappa shape index (κ2) is 13.6. The number of urea groups is 1. The minimum absolute atomic E-state index is 0.238. The fourth-order valence-corrected chi connectivity index (χ4v) is 4.47. The summed E-state index contributed by atoms with van der Waals surface area (Å²) in [5.74, 6) is -1.90. The van der Waals surface area contributed by atoms with Crippen LogP contribution in [0, 0.1) is 11.6 Å². The van der Waals surface area contributed by atoms with Gasteiger partial charge >= 0.3 is 6.03 Å². The molecule has 39 heavy (non-hydrogen) atoms. The Kier molecular flexibility index (Phi) is 9.69. The molecule has 0 aliphatic carbocycles. The average Bonchev–Trinajstić information content (AvgIpc) is 2.95. The molecule has 8 nitrogen and oxygen atoms in total. The number of hydrogen-bond acceptors (Lipinski definition) is 5. The second-order valence-corrected chi connectivity index (χ2v) is 9.04. The van der Waals surface area contributed by atoms with Crippen LogP contribution >= 0.6 is 0 Å². The normalized spacial score (nSPS) is 16.9. The van der Waals surface area contributed by atoms with E-state index in [0.29, 0.717) is 63.9 Å². The maximum absolute atomic E-state index is 14.0. The van der Waals surface area contributed by atoms with Crippen molar-refractivity contribution in [2.45, 2.75) is 6.92 Å². The molecule has 0 aromatic heterocycles. The van der Waals surface area contributed by atoms with Gasteiger partial charge in [0.1, 0.15) is 23.0 Å².